The minimum atomic E-state index is 0.621. The molecule has 1 aliphatic rings. The number of hydrogen-bond acceptors (Lipinski definition) is 2. The maximum Gasteiger partial charge on any atom is 0.0105 e. The van der Waals surface area contributed by atoms with Crippen molar-refractivity contribution in [3.8, 4) is 0 Å². The van der Waals surface area contributed by atoms with Crippen LogP contribution in [-0.4, -0.2) is 19.3 Å². The van der Waals surface area contributed by atoms with Crippen molar-refractivity contribution >= 4 is 11.8 Å². The Labute approximate surface area is 90.3 Å². The maximum atomic E-state index is 3.23. The third-order valence-corrected chi connectivity index (χ3v) is 3.91. The van der Waals surface area contributed by atoms with Crippen molar-refractivity contribution < 1.29 is 0 Å². The summed E-state index contributed by atoms with van der Waals surface area (Å²) in [6.07, 6.45) is 1.25. The van der Waals surface area contributed by atoms with Crippen LogP contribution in [0.15, 0.2) is 23.1 Å². The number of aryl methyl sites for hydroxylation is 1. The molecule has 1 N–H and O–H groups in total. The van der Waals surface area contributed by atoms with E-state index in [1.165, 1.54) is 22.6 Å². The Morgan fingerprint density at radius 2 is 2.36 bits per heavy atom. The highest BCUT2D eigenvalue weighted by Gasteiger charge is 2.13. The Hall–Kier alpha value is -0.470. The summed E-state index contributed by atoms with van der Waals surface area (Å²) < 4.78 is 0. The van der Waals surface area contributed by atoms with E-state index in [0.29, 0.717) is 5.92 Å². The van der Waals surface area contributed by atoms with E-state index in [2.05, 4.69) is 30.4 Å². The highest BCUT2D eigenvalue weighted by Crippen LogP contribution is 2.33. The second-order valence-corrected chi connectivity index (χ2v) is 5.06. The van der Waals surface area contributed by atoms with Gasteiger partial charge in [-0.25, -0.2) is 0 Å². The molecule has 1 heterocycles. The predicted octanol–water partition coefficient (Wildman–Crippen LogP) is 2.66. The summed E-state index contributed by atoms with van der Waals surface area (Å²) in [6.45, 7) is 3.34. The summed E-state index contributed by atoms with van der Waals surface area (Å²) >= 11 is 1.99. The summed E-state index contributed by atoms with van der Waals surface area (Å²) in [5.74, 6) is 1.88. The molecule has 1 unspecified atom stereocenters. The highest BCUT2D eigenvalue weighted by molar-refractivity contribution is 7.99. The third kappa shape index (κ3) is 1.96. The normalized spacial score (nSPS) is 16.7. The smallest absolute Gasteiger partial charge is 0.0105 e. The second kappa shape index (κ2) is 4.37. The summed E-state index contributed by atoms with van der Waals surface area (Å²) in [5, 5.41) is 3.23. The molecular formula is C12H17NS. The van der Waals surface area contributed by atoms with Crippen molar-refractivity contribution in [2.75, 3.05) is 19.3 Å². The van der Waals surface area contributed by atoms with E-state index in [1.54, 1.807) is 5.56 Å². The second-order valence-electron chi connectivity index (χ2n) is 3.92. The van der Waals surface area contributed by atoms with Crippen LogP contribution in [0.5, 0.6) is 0 Å². The SMILES string of the molecule is CNCC(C)c1ccc2c(c1)CCS2. The fourth-order valence-electron chi connectivity index (χ4n) is 1.94. The van der Waals surface area contributed by atoms with Crippen LogP contribution < -0.4 is 5.32 Å². The van der Waals surface area contributed by atoms with Crippen LogP contribution >= 0.6 is 11.8 Å². The molecule has 0 bridgehead atoms. The Bertz CT molecular complexity index is 322. The predicted molar refractivity (Wildman–Crippen MR) is 63.2 cm³/mol. The van der Waals surface area contributed by atoms with Crippen LogP contribution in [0.3, 0.4) is 0 Å². The molecule has 1 atom stereocenters. The fourth-order valence-corrected chi connectivity index (χ4v) is 2.99. The first-order chi connectivity index (χ1) is 6.81. The van der Waals surface area contributed by atoms with Crippen molar-refractivity contribution in [2.24, 2.45) is 0 Å². The maximum absolute atomic E-state index is 3.23. The van der Waals surface area contributed by atoms with Gasteiger partial charge in [0.15, 0.2) is 0 Å². The van der Waals surface area contributed by atoms with Gasteiger partial charge in [0, 0.05) is 17.2 Å². The summed E-state index contributed by atoms with van der Waals surface area (Å²) in [7, 11) is 2.01. The zero-order valence-electron chi connectivity index (χ0n) is 8.84. The van der Waals surface area contributed by atoms with Gasteiger partial charge in [0.2, 0.25) is 0 Å². The first kappa shape index (κ1) is 10.1. The number of benzene rings is 1. The number of hydrogen-bond donors (Lipinski definition) is 1. The van der Waals surface area contributed by atoms with Gasteiger partial charge >= 0.3 is 0 Å². The van der Waals surface area contributed by atoms with E-state index >= 15 is 0 Å². The molecule has 0 saturated heterocycles. The number of fused-ring (bicyclic) bond motifs is 1. The fraction of sp³-hybridized carbons (Fsp3) is 0.500. The molecular weight excluding hydrogens is 190 g/mol. The van der Waals surface area contributed by atoms with Crippen LogP contribution in [0, 0.1) is 0 Å². The zero-order chi connectivity index (χ0) is 9.97. The van der Waals surface area contributed by atoms with E-state index in [-0.39, 0.29) is 0 Å². The van der Waals surface area contributed by atoms with Gasteiger partial charge < -0.3 is 5.32 Å². The Balaban J connectivity index is 2.19. The molecule has 1 aromatic rings. The molecule has 76 valence electrons. The van der Waals surface area contributed by atoms with Gasteiger partial charge in [0.05, 0.1) is 0 Å². The van der Waals surface area contributed by atoms with Gasteiger partial charge in [-0.2, -0.15) is 0 Å². The number of thioether (sulfide) groups is 1. The lowest BCUT2D eigenvalue weighted by Crippen LogP contribution is -2.14. The van der Waals surface area contributed by atoms with Crippen LogP contribution in [-0.2, 0) is 6.42 Å². The van der Waals surface area contributed by atoms with Crippen molar-refractivity contribution in [3.63, 3.8) is 0 Å². The molecule has 0 radical (unpaired) electrons. The summed E-state index contributed by atoms with van der Waals surface area (Å²) in [4.78, 5) is 1.49. The Kier molecular flexibility index (Phi) is 3.14. The summed E-state index contributed by atoms with van der Waals surface area (Å²) in [5.41, 5.74) is 3.02. The van der Waals surface area contributed by atoms with Crippen molar-refractivity contribution in [3.05, 3.63) is 29.3 Å². The lowest BCUT2D eigenvalue weighted by Gasteiger charge is -2.12. The monoisotopic (exact) mass is 207 g/mol. The molecule has 1 nitrogen and oxygen atoms in total. The lowest BCUT2D eigenvalue weighted by molar-refractivity contribution is 0.676. The molecule has 1 aromatic carbocycles. The highest BCUT2D eigenvalue weighted by atomic mass is 32.2. The first-order valence-corrected chi connectivity index (χ1v) is 6.20. The van der Waals surface area contributed by atoms with Gasteiger partial charge in [0.25, 0.3) is 0 Å². The van der Waals surface area contributed by atoms with E-state index in [9.17, 15) is 0 Å². The van der Waals surface area contributed by atoms with Crippen molar-refractivity contribution in [1.82, 2.24) is 5.32 Å². The Morgan fingerprint density at radius 1 is 1.50 bits per heavy atom. The average molecular weight is 207 g/mol. The summed E-state index contributed by atoms with van der Waals surface area (Å²) in [6, 6.07) is 6.95. The molecule has 0 saturated carbocycles. The molecule has 2 rings (SSSR count). The van der Waals surface area contributed by atoms with Crippen LogP contribution in [0.25, 0.3) is 0 Å². The Morgan fingerprint density at radius 3 is 3.14 bits per heavy atom. The molecule has 2 heteroatoms. The average Bonchev–Trinajstić information content (AvgIpc) is 2.64. The molecule has 1 aliphatic heterocycles. The van der Waals surface area contributed by atoms with Crippen LogP contribution in [0.4, 0.5) is 0 Å². The molecule has 0 amide bonds. The van der Waals surface area contributed by atoms with E-state index in [0.717, 1.165) is 6.54 Å². The molecule has 0 aromatic heterocycles. The number of rotatable bonds is 3. The van der Waals surface area contributed by atoms with Crippen molar-refractivity contribution in [2.45, 2.75) is 24.2 Å². The lowest BCUT2D eigenvalue weighted by atomic mass is 9.98. The van der Waals surface area contributed by atoms with Gasteiger partial charge in [-0.3, -0.25) is 0 Å². The number of nitrogens with one attached hydrogen (secondary N) is 1. The van der Waals surface area contributed by atoms with Gasteiger partial charge in [-0.1, -0.05) is 19.1 Å². The van der Waals surface area contributed by atoms with Crippen molar-refractivity contribution in [1.29, 1.82) is 0 Å². The third-order valence-electron chi connectivity index (χ3n) is 2.79. The first-order valence-electron chi connectivity index (χ1n) is 5.21. The van der Waals surface area contributed by atoms with Gasteiger partial charge in [0.1, 0.15) is 0 Å². The van der Waals surface area contributed by atoms with Crippen LogP contribution in [0.1, 0.15) is 24.0 Å². The van der Waals surface area contributed by atoms with E-state index in [4.69, 9.17) is 0 Å². The van der Waals surface area contributed by atoms with Gasteiger partial charge in [-0.15, -0.1) is 11.8 Å². The number of likely N-dealkylation sites (N-methyl/N-ethyl adjacent to an activating group) is 1. The minimum absolute atomic E-state index is 0.621. The van der Waals surface area contributed by atoms with Gasteiger partial charge in [-0.05, 0) is 36.6 Å². The zero-order valence-corrected chi connectivity index (χ0v) is 9.66. The molecule has 0 fully saturated rings. The molecule has 14 heavy (non-hydrogen) atoms. The molecule has 0 spiro atoms. The minimum Gasteiger partial charge on any atom is -0.319 e. The van der Waals surface area contributed by atoms with Crippen LogP contribution in [0.2, 0.25) is 0 Å². The standard InChI is InChI=1S/C12H17NS/c1-9(8-13-2)10-3-4-12-11(7-10)5-6-14-12/h3-4,7,9,13H,5-6,8H2,1-2H3. The van der Waals surface area contributed by atoms with E-state index < -0.39 is 0 Å². The topological polar surface area (TPSA) is 12.0 Å². The quantitative estimate of drug-likeness (QED) is 0.818. The van der Waals surface area contributed by atoms with E-state index in [1.807, 2.05) is 18.8 Å². The largest absolute Gasteiger partial charge is 0.319 e. The molecule has 0 aliphatic carbocycles.